The van der Waals surface area contributed by atoms with E-state index in [1.807, 2.05) is 19.9 Å². The van der Waals surface area contributed by atoms with E-state index < -0.39 is 0 Å². The van der Waals surface area contributed by atoms with Crippen LogP contribution in [0.1, 0.15) is 24.4 Å². The van der Waals surface area contributed by atoms with Crippen LogP contribution in [0.3, 0.4) is 0 Å². The molecule has 0 bridgehead atoms. The van der Waals surface area contributed by atoms with E-state index in [1.165, 1.54) is 12.8 Å². The van der Waals surface area contributed by atoms with Crippen molar-refractivity contribution in [2.75, 3.05) is 11.9 Å². The lowest BCUT2D eigenvalue weighted by Gasteiger charge is -2.16. The summed E-state index contributed by atoms with van der Waals surface area (Å²) in [7, 11) is 0. The van der Waals surface area contributed by atoms with Gasteiger partial charge in [0.2, 0.25) is 0 Å². The van der Waals surface area contributed by atoms with Gasteiger partial charge in [-0.3, -0.25) is 0 Å². The zero-order valence-electron chi connectivity index (χ0n) is 9.33. The predicted octanol–water partition coefficient (Wildman–Crippen LogP) is 1.24. The number of aryl methyl sites for hydroxylation is 2. The van der Waals surface area contributed by atoms with Crippen LogP contribution in [0.2, 0.25) is 0 Å². The molecule has 0 spiro atoms. The summed E-state index contributed by atoms with van der Waals surface area (Å²) in [6, 6.07) is 2.34. The van der Waals surface area contributed by atoms with Crippen molar-refractivity contribution in [2.45, 2.75) is 32.7 Å². The summed E-state index contributed by atoms with van der Waals surface area (Å²) in [5.41, 5.74) is 6.73. The van der Waals surface area contributed by atoms with E-state index in [-0.39, 0.29) is 0 Å². The number of hydrogen-bond acceptors (Lipinski definition) is 4. The Hall–Kier alpha value is -1.16. The first kappa shape index (κ1) is 10.4. The predicted molar refractivity (Wildman–Crippen MR) is 60.7 cm³/mol. The highest BCUT2D eigenvalue weighted by Crippen LogP contribution is 2.33. The summed E-state index contributed by atoms with van der Waals surface area (Å²) in [6.07, 6.45) is 2.58. The number of anilines is 1. The van der Waals surface area contributed by atoms with Gasteiger partial charge < -0.3 is 11.1 Å². The van der Waals surface area contributed by atoms with Gasteiger partial charge >= 0.3 is 0 Å². The van der Waals surface area contributed by atoms with Crippen molar-refractivity contribution in [3.8, 4) is 0 Å². The van der Waals surface area contributed by atoms with Gasteiger partial charge in [0.1, 0.15) is 11.6 Å². The van der Waals surface area contributed by atoms with E-state index in [4.69, 9.17) is 5.73 Å². The van der Waals surface area contributed by atoms with E-state index in [2.05, 4.69) is 15.3 Å². The molecule has 82 valence electrons. The van der Waals surface area contributed by atoms with Gasteiger partial charge in [0.05, 0.1) is 0 Å². The number of hydrogen-bond donors (Lipinski definition) is 2. The van der Waals surface area contributed by atoms with E-state index in [0.717, 1.165) is 23.3 Å². The molecule has 4 nitrogen and oxygen atoms in total. The fourth-order valence-electron chi connectivity index (χ4n) is 1.85. The van der Waals surface area contributed by atoms with Crippen LogP contribution in [0.15, 0.2) is 6.07 Å². The molecule has 1 heterocycles. The molecule has 0 radical (unpaired) electrons. The fourth-order valence-corrected chi connectivity index (χ4v) is 1.85. The molecule has 0 aromatic carbocycles. The Morgan fingerprint density at radius 2 is 2.20 bits per heavy atom. The molecule has 1 aromatic rings. The second-order valence-corrected chi connectivity index (χ2v) is 4.27. The van der Waals surface area contributed by atoms with Gasteiger partial charge in [0.25, 0.3) is 0 Å². The minimum atomic E-state index is 0.374. The summed E-state index contributed by atoms with van der Waals surface area (Å²) >= 11 is 0. The van der Waals surface area contributed by atoms with Crippen molar-refractivity contribution in [2.24, 2.45) is 11.7 Å². The topological polar surface area (TPSA) is 63.8 Å². The second-order valence-electron chi connectivity index (χ2n) is 4.27. The van der Waals surface area contributed by atoms with Crippen LogP contribution in [0.4, 0.5) is 5.82 Å². The summed E-state index contributed by atoms with van der Waals surface area (Å²) < 4.78 is 0. The highest BCUT2D eigenvalue weighted by molar-refractivity contribution is 5.37. The van der Waals surface area contributed by atoms with E-state index in [9.17, 15) is 0 Å². The van der Waals surface area contributed by atoms with Gasteiger partial charge in [0.15, 0.2) is 0 Å². The first-order valence-electron chi connectivity index (χ1n) is 5.48. The van der Waals surface area contributed by atoms with Crippen molar-refractivity contribution in [1.29, 1.82) is 0 Å². The molecule has 4 heteroatoms. The maximum atomic E-state index is 5.73. The van der Waals surface area contributed by atoms with Crippen LogP contribution in [-0.4, -0.2) is 22.6 Å². The van der Waals surface area contributed by atoms with Gasteiger partial charge in [-0.1, -0.05) is 0 Å². The Morgan fingerprint density at radius 3 is 2.73 bits per heavy atom. The minimum Gasteiger partial charge on any atom is -0.366 e. The highest BCUT2D eigenvalue weighted by Gasteiger charge is 2.30. The Kier molecular flexibility index (Phi) is 2.86. The van der Waals surface area contributed by atoms with E-state index >= 15 is 0 Å². The van der Waals surface area contributed by atoms with Crippen molar-refractivity contribution in [3.63, 3.8) is 0 Å². The minimum absolute atomic E-state index is 0.374. The van der Waals surface area contributed by atoms with Crippen molar-refractivity contribution >= 4 is 5.82 Å². The molecule has 2 rings (SSSR count). The SMILES string of the molecule is Cc1cc(NC(CN)C2CC2)nc(C)n1. The average Bonchev–Trinajstić information content (AvgIpc) is 2.95. The third-order valence-electron chi connectivity index (χ3n) is 2.74. The molecule has 1 unspecified atom stereocenters. The number of nitrogens with one attached hydrogen (secondary N) is 1. The molecule has 15 heavy (non-hydrogen) atoms. The zero-order chi connectivity index (χ0) is 10.8. The third kappa shape index (κ3) is 2.65. The quantitative estimate of drug-likeness (QED) is 0.778. The first-order valence-corrected chi connectivity index (χ1v) is 5.48. The van der Waals surface area contributed by atoms with E-state index in [1.54, 1.807) is 0 Å². The van der Waals surface area contributed by atoms with Crippen LogP contribution in [0.5, 0.6) is 0 Å². The Labute approximate surface area is 90.3 Å². The molecule has 1 aliphatic rings. The molecule has 3 N–H and O–H groups in total. The Morgan fingerprint density at radius 1 is 1.47 bits per heavy atom. The summed E-state index contributed by atoms with van der Waals surface area (Å²) in [5.74, 6) is 2.46. The summed E-state index contributed by atoms with van der Waals surface area (Å²) in [6.45, 7) is 4.56. The number of nitrogens with zero attached hydrogens (tertiary/aromatic N) is 2. The normalized spacial score (nSPS) is 17.5. The van der Waals surface area contributed by atoms with Crippen molar-refractivity contribution in [1.82, 2.24) is 9.97 Å². The standard InChI is InChI=1S/C11H18N4/c1-7-5-11(14-8(2)13-7)15-10(6-12)9-3-4-9/h5,9-10H,3-4,6,12H2,1-2H3,(H,13,14,15). The second kappa shape index (κ2) is 4.14. The lowest BCUT2D eigenvalue weighted by Crippen LogP contribution is -2.31. The maximum absolute atomic E-state index is 5.73. The zero-order valence-corrected chi connectivity index (χ0v) is 9.33. The number of nitrogens with two attached hydrogens (primary N) is 1. The average molecular weight is 206 g/mol. The Balaban J connectivity index is 2.08. The molecule has 1 saturated carbocycles. The Bertz CT molecular complexity index is 326. The lowest BCUT2D eigenvalue weighted by atomic mass is 10.2. The van der Waals surface area contributed by atoms with Gasteiger partial charge in [-0.2, -0.15) is 0 Å². The maximum Gasteiger partial charge on any atom is 0.130 e. The molecular formula is C11H18N4. The number of rotatable bonds is 4. The largest absolute Gasteiger partial charge is 0.366 e. The van der Waals surface area contributed by atoms with Crippen molar-refractivity contribution < 1.29 is 0 Å². The van der Waals surface area contributed by atoms with Gasteiger partial charge in [0, 0.05) is 24.3 Å². The van der Waals surface area contributed by atoms with Crippen LogP contribution >= 0.6 is 0 Å². The molecular weight excluding hydrogens is 188 g/mol. The first-order chi connectivity index (χ1) is 7.19. The van der Waals surface area contributed by atoms with E-state index in [0.29, 0.717) is 12.6 Å². The van der Waals surface area contributed by atoms with Gasteiger partial charge in [-0.25, -0.2) is 9.97 Å². The summed E-state index contributed by atoms with van der Waals surface area (Å²) in [5, 5.41) is 3.40. The molecule has 1 fully saturated rings. The monoisotopic (exact) mass is 206 g/mol. The summed E-state index contributed by atoms with van der Waals surface area (Å²) in [4.78, 5) is 8.60. The third-order valence-corrected chi connectivity index (χ3v) is 2.74. The van der Waals surface area contributed by atoms with Crippen LogP contribution < -0.4 is 11.1 Å². The smallest absolute Gasteiger partial charge is 0.130 e. The molecule has 1 aliphatic carbocycles. The van der Waals surface area contributed by atoms with Crippen LogP contribution in [0.25, 0.3) is 0 Å². The van der Waals surface area contributed by atoms with Crippen molar-refractivity contribution in [3.05, 3.63) is 17.6 Å². The molecule has 1 atom stereocenters. The van der Waals surface area contributed by atoms with Gasteiger partial charge in [-0.15, -0.1) is 0 Å². The van der Waals surface area contributed by atoms with Crippen LogP contribution in [-0.2, 0) is 0 Å². The van der Waals surface area contributed by atoms with Gasteiger partial charge in [-0.05, 0) is 32.6 Å². The highest BCUT2D eigenvalue weighted by atomic mass is 15.1. The molecule has 0 aliphatic heterocycles. The lowest BCUT2D eigenvalue weighted by molar-refractivity contribution is 0.641. The fraction of sp³-hybridized carbons (Fsp3) is 0.636. The number of aromatic nitrogens is 2. The molecule has 0 saturated heterocycles. The van der Waals surface area contributed by atoms with Crippen LogP contribution in [0, 0.1) is 19.8 Å². The molecule has 1 aromatic heterocycles. The molecule has 0 amide bonds.